The molecular formula is C10H18N2OS. The Labute approximate surface area is 89.2 Å². The van der Waals surface area contributed by atoms with Gasteiger partial charge in [-0.3, -0.25) is 4.98 Å². The third-order valence-electron chi connectivity index (χ3n) is 2.13. The summed E-state index contributed by atoms with van der Waals surface area (Å²) in [6, 6.07) is 0. The van der Waals surface area contributed by atoms with Gasteiger partial charge in [-0.2, -0.15) is 0 Å². The lowest BCUT2D eigenvalue weighted by Crippen LogP contribution is -2.31. The van der Waals surface area contributed by atoms with Crippen molar-refractivity contribution in [3.63, 3.8) is 0 Å². The molecule has 0 aliphatic heterocycles. The van der Waals surface area contributed by atoms with Gasteiger partial charge in [0, 0.05) is 17.5 Å². The zero-order valence-electron chi connectivity index (χ0n) is 8.79. The van der Waals surface area contributed by atoms with Gasteiger partial charge in [-0.05, 0) is 26.4 Å². The summed E-state index contributed by atoms with van der Waals surface area (Å²) in [6.45, 7) is 5.76. The molecule has 0 saturated carbocycles. The van der Waals surface area contributed by atoms with Crippen LogP contribution in [-0.4, -0.2) is 28.8 Å². The Bertz CT molecular complexity index is 247. The molecule has 0 amide bonds. The van der Waals surface area contributed by atoms with Crippen LogP contribution in [0.4, 0.5) is 0 Å². The van der Waals surface area contributed by atoms with Crippen molar-refractivity contribution < 1.29 is 5.11 Å². The Balaban J connectivity index is 2.33. The molecule has 1 aromatic heterocycles. The molecule has 0 bridgehead atoms. The largest absolute Gasteiger partial charge is 0.390 e. The van der Waals surface area contributed by atoms with Crippen LogP contribution in [0.1, 0.15) is 25.1 Å². The summed E-state index contributed by atoms with van der Waals surface area (Å²) in [4.78, 5) is 5.14. The number of rotatable bonds is 6. The van der Waals surface area contributed by atoms with E-state index in [9.17, 15) is 5.11 Å². The van der Waals surface area contributed by atoms with Crippen molar-refractivity contribution in [3.8, 4) is 0 Å². The Hall–Kier alpha value is -0.450. The summed E-state index contributed by atoms with van der Waals surface area (Å²) >= 11 is 1.60. The normalized spacial score (nSPS) is 15.4. The van der Waals surface area contributed by atoms with Crippen LogP contribution in [-0.2, 0) is 6.42 Å². The Morgan fingerprint density at radius 2 is 2.43 bits per heavy atom. The molecule has 1 aromatic rings. The van der Waals surface area contributed by atoms with Crippen LogP contribution in [0.3, 0.4) is 0 Å². The smallest absolute Gasteiger partial charge is 0.0794 e. The molecule has 0 aliphatic rings. The summed E-state index contributed by atoms with van der Waals surface area (Å²) in [7, 11) is 0. The second-order valence-corrected chi connectivity index (χ2v) is 4.72. The van der Waals surface area contributed by atoms with Crippen molar-refractivity contribution in [2.45, 2.75) is 32.3 Å². The molecule has 4 heteroatoms. The maximum atomic E-state index is 10.1. The molecule has 0 fully saturated rings. The average molecular weight is 214 g/mol. The molecule has 0 aliphatic carbocycles. The predicted octanol–water partition coefficient (Wildman–Crippen LogP) is 1.44. The van der Waals surface area contributed by atoms with Crippen LogP contribution >= 0.6 is 11.3 Å². The number of aliphatic hydroxyl groups is 1. The fourth-order valence-electron chi connectivity index (χ4n) is 1.33. The Morgan fingerprint density at radius 3 is 3.00 bits per heavy atom. The molecule has 1 heterocycles. The van der Waals surface area contributed by atoms with Crippen molar-refractivity contribution in [1.82, 2.24) is 10.3 Å². The zero-order chi connectivity index (χ0) is 10.4. The predicted molar refractivity (Wildman–Crippen MR) is 59.6 cm³/mol. The van der Waals surface area contributed by atoms with Crippen molar-refractivity contribution >= 4 is 11.3 Å². The van der Waals surface area contributed by atoms with Crippen LogP contribution in [0, 0.1) is 0 Å². The fraction of sp³-hybridized carbons (Fsp3) is 0.700. The second kappa shape index (κ2) is 5.44. The number of aromatic nitrogens is 1. The number of nitrogens with zero attached hydrogens (tertiary/aromatic N) is 1. The molecule has 0 saturated heterocycles. The van der Waals surface area contributed by atoms with E-state index in [1.807, 2.05) is 13.1 Å². The fourth-order valence-corrected chi connectivity index (χ4v) is 2.10. The van der Waals surface area contributed by atoms with Crippen LogP contribution < -0.4 is 5.32 Å². The molecule has 0 spiro atoms. The van der Waals surface area contributed by atoms with Crippen LogP contribution in [0.25, 0.3) is 0 Å². The lowest BCUT2D eigenvalue weighted by atomic mass is 9.97. The molecule has 2 N–H and O–H groups in total. The van der Waals surface area contributed by atoms with E-state index >= 15 is 0 Å². The van der Waals surface area contributed by atoms with Gasteiger partial charge in [0.05, 0.1) is 11.1 Å². The van der Waals surface area contributed by atoms with E-state index < -0.39 is 5.60 Å². The summed E-state index contributed by atoms with van der Waals surface area (Å²) in [5.74, 6) is 0. The number of hydrogen-bond donors (Lipinski definition) is 2. The van der Waals surface area contributed by atoms with Gasteiger partial charge in [0.1, 0.15) is 0 Å². The average Bonchev–Trinajstić information content (AvgIpc) is 2.56. The lowest BCUT2D eigenvalue weighted by molar-refractivity contribution is 0.0524. The van der Waals surface area contributed by atoms with Crippen LogP contribution in [0.5, 0.6) is 0 Å². The number of hydrogen-bond acceptors (Lipinski definition) is 4. The topological polar surface area (TPSA) is 45.1 Å². The van der Waals surface area contributed by atoms with E-state index in [2.05, 4.69) is 17.2 Å². The molecule has 1 atom stereocenters. The molecule has 14 heavy (non-hydrogen) atoms. The monoisotopic (exact) mass is 214 g/mol. The minimum absolute atomic E-state index is 0.616. The molecule has 3 nitrogen and oxygen atoms in total. The van der Waals surface area contributed by atoms with E-state index in [0.29, 0.717) is 6.42 Å². The molecule has 1 unspecified atom stereocenters. The SMILES string of the molecule is CCNCCC(C)(O)Cc1cncs1. The maximum Gasteiger partial charge on any atom is 0.0794 e. The third kappa shape index (κ3) is 4.17. The minimum atomic E-state index is -0.616. The number of nitrogens with one attached hydrogen (secondary N) is 1. The Morgan fingerprint density at radius 1 is 1.64 bits per heavy atom. The molecule has 80 valence electrons. The highest BCUT2D eigenvalue weighted by Crippen LogP contribution is 2.18. The van der Waals surface area contributed by atoms with Crippen LogP contribution in [0.2, 0.25) is 0 Å². The van der Waals surface area contributed by atoms with Crippen molar-refractivity contribution in [2.24, 2.45) is 0 Å². The van der Waals surface area contributed by atoms with E-state index in [4.69, 9.17) is 0 Å². The third-order valence-corrected chi connectivity index (χ3v) is 2.91. The van der Waals surface area contributed by atoms with Gasteiger partial charge >= 0.3 is 0 Å². The van der Waals surface area contributed by atoms with Gasteiger partial charge in [-0.25, -0.2) is 0 Å². The Kier molecular flexibility index (Phi) is 4.51. The lowest BCUT2D eigenvalue weighted by Gasteiger charge is -2.22. The summed E-state index contributed by atoms with van der Waals surface area (Å²) in [5, 5.41) is 13.3. The van der Waals surface area contributed by atoms with E-state index in [0.717, 1.165) is 24.4 Å². The van der Waals surface area contributed by atoms with Gasteiger partial charge in [0.15, 0.2) is 0 Å². The summed E-state index contributed by atoms with van der Waals surface area (Å²) in [5.41, 5.74) is 1.18. The number of thiazole rings is 1. The first-order valence-electron chi connectivity index (χ1n) is 4.94. The van der Waals surface area contributed by atoms with Crippen molar-refractivity contribution in [2.75, 3.05) is 13.1 Å². The van der Waals surface area contributed by atoms with E-state index in [1.54, 1.807) is 16.8 Å². The van der Waals surface area contributed by atoms with Gasteiger partial charge in [-0.1, -0.05) is 6.92 Å². The first-order valence-corrected chi connectivity index (χ1v) is 5.82. The van der Waals surface area contributed by atoms with E-state index in [1.165, 1.54) is 0 Å². The van der Waals surface area contributed by atoms with E-state index in [-0.39, 0.29) is 0 Å². The summed E-state index contributed by atoms with van der Waals surface area (Å²) < 4.78 is 0. The quantitative estimate of drug-likeness (QED) is 0.704. The highest BCUT2D eigenvalue weighted by molar-refractivity contribution is 7.09. The van der Waals surface area contributed by atoms with Crippen LogP contribution in [0.15, 0.2) is 11.7 Å². The molecule has 0 aromatic carbocycles. The maximum absolute atomic E-state index is 10.1. The highest BCUT2D eigenvalue weighted by Gasteiger charge is 2.20. The second-order valence-electron chi connectivity index (χ2n) is 3.75. The van der Waals surface area contributed by atoms with Gasteiger partial charge < -0.3 is 10.4 Å². The van der Waals surface area contributed by atoms with Crippen molar-refractivity contribution in [1.29, 1.82) is 0 Å². The molecular weight excluding hydrogens is 196 g/mol. The van der Waals surface area contributed by atoms with Gasteiger partial charge in [0.2, 0.25) is 0 Å². The first kappa shape index (κ1) is 11.6. The minimum Gasteiger partial charge on any atom is -0.390 e. The highest BCUT2D eigenvalue weighted by atomic mass is 32.1. The summed E-state index contributed by atoms with van der Waals surface area (Å²) in [6.07, 6.45) is 3.30. The zero-order valence-corrected chi connectivity index (χ0v) is 9.60. The molecule has 0 radical (unpaired) electrons. The van der Waals surface area contributed by atoms with Crippen molar-refractivity contribution in [3.05, 3.63) is 16.6 Å². The van der Waals surface area contributed by atoms with Gasteiger partial charge in [0.25, 0.3) is 0 Å². The standard InChI is InChI=1S/C10H18N2OS/c1-3-11-5-4-10(2,13)6-9-7-12-8-14-9/h7-8,11,13H,3-6H2,1-2H3. The first-order chi connectivity index (χ1) is 6.64. The molecule has 1 rings (SSSR count). The van der Waals surface area contributed by atoms with Gasteiger partial charge in [-0.15, -0.1) is 11.3 Å².